The van der Waals surface area contributed by atoms with Gasteiger partial charge in [0.2, 0.25) is 0 Å². The third-order valence-electron chi connectivity index (χ3n) is 2.22. The van der Waals surface area contributed by atoms with Crippen molar-refractivity contribution in [1.82, 2.24) is 0 Å². The van der Waals surface area contributed by atoms with Crippen molar-refractivity contribution in [2.24, 2.45) is 0 Å². The Balaban J connectivity index is 0.00000225. The number of carboxylic acid groups (broad SMARTS) is 1. The van der Waals surface area contributed by atoms with E-state index in [1.54, 1.807) is 18.2 Å². The fraction of sp³-hybridized carbons (Fsp3) is 0.333. The molecular weight excluding hydrogens is 232 g/mol. The molecule has 4 heteroatoms. The Hall–Kier alpha value is -0.380. The second-order valence-electron chi connectivity index (χ2n) is 3.38. The first kappa shape index (κ1) is 15.6. The summed E-state index contributed by atoms with van der Waals surface area (Å²) in [5.74, 6) is -1.13. The van der Waals surface area contributed by atoms with E-state index in [-0.39, 0.29) is 49.1 Å². The summed E-state index contributed by atoms with van der Waals surface area (Å²) in [5, 5.41) is 8.89. The van der Waals surface area contributed by atoms with E-state index in [1.165, 1.54) is 6.07 Å². The molecule has 0 saturated carbocycles. The molecule has 1 aromatic carbocycles. The molecule has 0 amide bonds. The van der Waals surface area contributed by atoms with Gasteiger partial charge in [-0.2, -0.15) is 0 Å². The summed E-state index contributed by atoms with van der Waals surface area (Å²) in [6, 6.07) is 6.34. The zero-order valence-electron chi connectivity index (χ0n) is 8.69. The molecule has 0 spiro atoms. The number of hydrogen-bond donors (Lipinski definition) is 1. The second-order valence-corrected chi connectivity index (χ2v) is 3.38. The Morgan fingerprint density at radius 1 is 1.19 bits per heavy atom. The van der Waals surface area contributed by atoms with Crippen LogP contribution < -0.4 is 0 Å². The molecule has 0 radical (unpaired) electrons. The molecule has 0 saturated heterocycles. The van der Waals surface area contributed by atoms with Crippen LogP contribution in [0.4, 0.5) is 0 Å². The van der Waals surface area contributed by atoms with Gasteiger partial charge in [0.05, 0.1) is 5.56 Å². The van der Waals surface area contributed by atoms with Crippen molar-refractivity contribution in [1.29, 1.82) is 0 Å². The van der Waals surface area contributed by atoms with E-state index in [0.29, 0.717) is 12.0 Å². The van der Waals surface area contributed by atoms with Crippen LogP contribution in [0.15, 0.2) is 24.3 Å². The molecular formula is C12H16CaO3. The summed E-state index contributed by atoms with van der Waals surface area (Å²) >= 11 is 0. The van der Waals surface area contributed by atoms with Crippen molar-refractivity contribution in [3.05, 3.63) is 35.4 Å². The van der Waals surface area contributed by atoms with Gasteiger partial charge in [0.1, 0.15) is 0 Å². The first-order valence-corrected chi connectivity index (χ1v) is 5.02. The van der Waals surface area contributed by atoms with Gasteiger partial charge in [-0.25, -0.2) is 4.79 Å². The van der Waals surface area contributed by atoms with E-state index < -0.39 is 5.97 Å². The van der Waals surface area contributed by atoms with E-state index in [9.17, 15) is 9.59 Å². The average molecular weight is 248 g/mol. The SMILES string of the molecule is CCCCC(=O)c1ccccc1C(=O)O.[CaH2]. The number of benzene rings is 1. The summed E-state index contributed by atoms with van der Waals surface area (Å²) in [6.45, 7) is 2.00. The van der Waals surface area contributed by atoms with Crippen LogP contribution in [0.2, 0.25) is 0 Å². The van der Waals surface area contributed by atoms with E-state index in [1.807, 2.05) is 6.92 Å². The molecule has 84 valence electrons. The molecule has 0 aromatic heterocycles. The predicted octanol–water partition coefficient (Wildman–Crippen LogP) is 1.84. The first-order valence-electron chi connectivity index (χ1n) is 5.02. The molecule has 1 aromatic rings. The van der Waals surface area contributed by atoms with Crippen molar-refractivity contribution in [2.75, 3.05) is 0 Å². The van der Waals surface area contributed by atoms with Crippen LogP contribution in [-0.2, 0) is 0 Å². The zero-order valence-corrected chi connectivity index (χ0v) is 8.69. The second kappa shape index (κ2) is 7.82. The van der Waals surface area contributed by atoms with Crippen molar-refractivity contribution in [3.63, 3.8) is 0 Å². The molecule has 0 aliphatic heterocycles. The maximum atomic E-state index is 11.7. The van der Waals surface area contributed by atoms with Crippen molar-refractivity contribution < 1.29 is 14.7 Å². The Bertz CT molecular complexity index is 374. The van der Waals surface area contributed by atoms with Gasteiger partial charge in [0.25, 0.3) is 0 Å². The van der Waals surface area contributed by atoms with Crippen LogP contribution in [0.1, 0.15) is 46.9 Å². The molecule has 1 rings (SSSR count). The maximum absolute atomic E-state index is 11.7. The van der Waals surface area contributed by atoms with Crippen LogP contribution in [0.3, 0.4) is 0 Å². The van der Waals surface area contributed by atoms with E-state index in [0.717, 1.165) is 12.8 Å². The van der Waals surface area contributed by atoms with Gasteiger partial charge in [-0.3, -0.25) is 4.79 Å². The predicted molar refractivity (Wildman–Crippen MR) is 65.8 cm³/mol. The number of carboxylic acids is 1. The van der Waals surface area contributed by atoms with Crippen LogP contribution in [-0.4, -0.2) is 54.6 Å². The number of aromatic carboxylic acids is 1. The Morgan fingerprint density at radius 2 is 1.75 bits per heavy atom. The molecule has 0 fully saturated rings. The Labute approximate surface area is 125 Å². The quantitative estimate of drug-likeness (QED) is 0.639. The van der Waals surface area contributed by atoms with Gasteiger partial charge in [-0.1, -0.05) is 31.5 Å². The average Bonchev–Trinajstić information content (AvgIpc) is 2.25. The molecule has 1 N–H and O–H groups in total. The standard InChI is InChI=1S/C12H14O3.Ca.2H/c1-2-3-8-11(13)9-6-4-5-7-10(9)12(14)15;;;/h4-7H,2-3,8H2,1H3,(H,14,15);;;. The normalized spacial score (nSPS) is 9.31. The Kier molecular flexibility index (Phi) is 7.64. The molecule has 0 atom stereocenters. The van der Waals surface area contributed by atoms with Crippen molar-refractivity contribution in [2.45, 2.75) is 26.2 Å². The topological polar surface area (TPSA) is 54.4 Å². The summed E-state index contributed by atoms with van der Waals surface area (Å²) in [4.78, 5) is 22.5. The Morgan fingerprint density at radius 3 is 2.25 bits per heavy atom. The molecule has 0 unspecified atom stereocenters. The minimum absolute atomic E-state index is 0. The van der Waals surface area contributed by atoms with Crippen LogP contribution in [0.25, 0.3) is 0 Å². The number of unbranched alkanes of at least 4 members (excludes halogenated alkanes) is 1. The molecule has 16 heavy (non-hydrogen) atoms. The molecule has 0 aliphatic carbocycles. The number of rotatable bonds is 5. The third kappa shape index (κ3) is 4.24. The number of carbonyl (C=O) groups is 2. The number of Topliss-reactive ketones (excluding diaryl/α,β-unsaturated/α-hetero) is 1. The first-order chi connectivity index (χ1) is 7.16. The van der Waals surface area contributed by atoms with E-state index in [2.05, 4.69) is 0 Å². The van der Waals surface area contributed by atoms with E-state index >= 15 is 0 Å². The molecule has 3 nitrogen and oxygen atoms in total. The van der Waals surface area contributed by atoms with Crippen LogP contribution in [0, 0.1) is 0 Å². The summed E-state index contributed by atoms with van der Waals surface area (Å²) in [7, 11) is 0. The van der Waals surface area contributed by atoms with Crippen molar-refractivity contribution >= 4 is 49.5 Å². The third-order valence-corrected chi connectivity index (χ3v) is 2.22. The van der Waals surface area contributed by atoms with Gasteiger partial charge >= 0.3 is 43.7 Å². The van der Waals surface area contributed by atoms with Crippen LogP contribution in [0.5, 0.6) is 0 Å². The van der Waals surface area contributed by atoms with Gasteiger partial charge < -0.3 is 5.11 Å². The fourth-order valence-corrected chi connectivity index (χ4v) is 1.38. The van der Waals surface area contributed by atoms with Crippen molar-refractivity contribution in [3.8, 4) is 0 Å². The molecule has 0 bridgehead atoms. The fourth-order valence-electron chi connectivity index (χ4n) is 1.38. The molecule has 0 aliphatic rings. The van der Waals surface area contributed by atoms with Gasteiger partial charge in [0.15, 0.2) is 5.78 Å². The minimum atomic E-state index is -1.05. The summed E-state index contributed by atoms with van der Waals surface area (Å²) < 4.78 is 0. The monoisotopic (exact) mass is 248 g/mol. The molecule has 0 heterocycles. The van der Waals surface area contributed by atoms with Gasteiger partial charge in [0, 0.05) is 12.0 Å². The number of hydrogen-bond acceptors (Lipinski definition) is 2. The van der Waals surface area contributed by atoms with Gasteiger partial charge in [-0.05, 0) is 12.5 Å². The van der Waals surface area contributed by atoms with Crippen LogP contribution >= 0.6 is 0 Å². The summed E-state index contributed by atoms with van der Waals surface area (Å²) in [5.41, 5.74) is 0.414. The summed E-state index contributed by atoms with van der Waals surface area (Å²) in [6.07, 6.45) is 2.15. The number of carbonyl (C=O) groups excluding carboxylic acids is 1. The van der Waals surface area contributed by atoms with Gasteiger partial charge in [-0.15, -0.1) is 0 Å². The number of ketones is 1. The van der Waals surface area contributed by atoms with E-state index in [4.69, 9.17) is 5.11 Å². The zero-order chi connectivity index (χ0) is 11.3.